The van der Waals surface area contributed by atoms with Crippen LogP contribution in [0.5, 0.6) is 0 Å². The lowest BCUT2D eigenvalue weighted by molar-refractivity contribution is -0.0411. The van der Waals surface area contributed by atoms with Crippen molar-refractivity contribution in [2.24, 2.45) is 0 Å². The molecular formula is C14H31N3O. The van der Waals surface area contributed by atoms with Gasteiger partial charge in [0.1, 0.15) is 0 Å². The molecule has 0 amide bonds. The van der Waals surface area contributed by atoms with E-state index in [1.165, 1.54) is 0 Å². The predicted molar refractivity (Wildman–Crippen MR) is 77.1 cm³/mol. The van der Waals surface area contributed by atoms with Crippen LogP contribution in [0.3, 0.4) is 0 Å². The van der Waals surface area contributed by atoms with Gasteiger partial charge in [-0.05, 0) is 13.1 Å². The van der Waals surface area contributed by atoms with E-state index in [1.54, 1.807) is 0 Å². The molecule has 0 aliphatic carbocycles. The van der Waals surface area contributed by atoms with E-state index in [4.69, 9.17) is 4.74 Å². The average Bonchev–Trinajstić information content (AvgIpc) is 2.37. The first kappa shape index (κ1) is 15.9. The maximum atomic E-state index is 5.87. The molecule has 1 aliphatic heterocycles. The highest BCUT2D eigenvalue weighted by atomic mass is 16.5. The van der Waals surface area contributed by atoms with Gasteiger partial charge in [-0.1, -0.05) is 27.7 Å². The fourth-order valence-corrected chi connectivity index (χ4v) is 2.36. The van der Waals surface area contributed by atoms with E-state index in [1.807, 2.05) is 0 Å². The molecule has 108 valence electrons. The van der Waals surface area contributed by atoms with Crippen LogP contribution in [0.2, 0.25) is 0 Å². The Morgan fingerprint density at radius 1 is 1.39 bits per heavy atom. The third-order valence-corrected chi connectivity index (χ3v) is 3.56. The minimum Gasteiger partial charge on any atom is -0.374 e. The Hall–Kier alpha value is -0.160. The van der Waals surface area contributed by atoms with Gasteiger partial charge in [0, 0.05) is 38.8 Å². The van der Waals surface area contributed by atoms with E-state index < -0.39 is 0 Å². The third-order valence-electron chi connectivity index (χ3n) is 3.56. The SMILES string of the molecule is CCN(CCNC(C)C)CC1CN(CC)CCO1. The topological polar surface area (TPSA) is 27.7 Å². The zero-order valence-corrected chi connectivity index (χ0v) is 12.6. The number of hydrogen-bond donors (Lipinski definition) is 1. The summed E-state index contributed by atoms with van der Waals surface area (Å²) in [6, 6.07) is 0.574. The molecule has 1 N–H and O–H groups in total. The molecule has 1 aliphatic rings. The maximum absolute atomic E-state index is 5.87. The number of hydrogen-bond acceptors (Lipinski definition) is 4. The van der Waals surface area contributed by atoms with Crippen LogP contribution in [-0.4, -0.2) is 74.4 Å². The molecule has 1 heterocycles. The highest BCUT2D eigenvalue weighted by Gasteiger charge is 2.21. The second kappa shape index (κ2) is 8.86. The number of nitrogens with one attached hydrogen (secondary N) is 1. The lowest BCUT2D eigenvalue weighted by Crippen LogP contribution is -2.48. The van der Waals surface area contributed by atoms with Crippen molar-refractivity contribution in [3.8, 4) is 0 Å². The molecule has 0 aromatic carbocycles. The molecule has 0 aromatic rings. The number of nitrogens with zero attached hydrogens (tertiary/aromatic N) is 2. The maximum Gasteiger partial charge on any atom is 0.0829 e. The standard InChI is InChI=1S/C14H31N3O/c1-5-16(8-7-15-13(3)4)11-14-12-17(6-2)9-10-18-14/h13-15H,5-12H2,1-4H3. The molecule has 0 spiro atoms. The van der Waals surface area contributed by atoms with Crippen molar-refractivity contribution in [3.05, 3.63) is 0 Å². The molecule has 1 saturated heterocycles. The van der Waals surface area contributed by atoms with Gasteiger partial charge >= 0.3 is 0 Å². The molecule has 0 bridgehead atoms. The molecule has 4 heteroatoms. The zero-order chi connectivity index (χ0) is 13.4. The van der Waals surface area contributed by atoms with Gasteiger partial charge in [0.05, 0.1) is 12.7 Å². The molecular weight excluding hydrogens is 226 g/mol. The van der Waals surface area contributed by atoms with E-state index in [-0.39, 0.29) is 0 Å². The average molecular weight is 257 g/mol. The van der Waals surface area contributed by atoms with Crippen LogP contribution < -0.4 is 5.32 Å². The summed E-state index contributed by atoms with van der Waals surface area (Å²) in [4.78, 5) is 4.97. The first-order chi connectivity index (χ1) is 8.65. The summed E-state index contributed by atoms with van der Waals surface area (Å²) in [6.45, 7) is 17.4. The van der Waals surface area contributed by atoms with Crippen molar-refractivity contribution in [2.45, 2.75) is 39.8 Å². The predicted octanol–water partition coefficient (Wildman–Crippen LogP) is 1.03. The minimum atomic E-state index is 0.387. The van der Waals surface area contributed by atoms with Crippen molar-refractivity contribution in [1.82, 2.24) is 15.1 Å². The quantitative estimate of drug-likeness (QED) is 0.703. The van der Waals surface area contributed by atoms with Gasteiger partial charge in [-0.15, -0.1) is 0 Å². The second-order valence-corrected chi connectivity index (χ2v) is 5.39. The minimum absolute atomic E-state index is 0.387. The molecule has 1 fully saturated rings. The van der Waals surface area contributed by atoms with Crippen molar-refractivity contribution >= 4 is 0 Å². The highest BCUT2D eigenvalue weighted by Crippen LogP contribution is 2.06. The van der Waals surface area contributed by atoms with Gasteiger partial charge < -0.3 is 10.1 Å². The Morgan fingerprint density at radius 3 is 2.78 bits per heavy atom. The van der Waals surface area contributed by atoms with Crippen LogP contribution in [-0.2, 0) is 4.74 Å². The number of morpholine rings is 1. The van der Waals surface area contributed by atoms with Crippen molar-refractivity contribution in [2.75, 3.05) is 52.4 Å². The van der Waals surface area contributed by atoms with E-state index in [0.717, 1.165) is 52.4 Å². The van der Waals surface area contributed by atoms with Crippen LogP contribution in [0.25, 0.3) is 0 Å². The van der Waals surface area contributed by atoms with Crippen molar-refractivity contribution < 1.29 is 4.74 Å². The summed E-state index contributed by atoms with van der Waals surface area (Å²) in [6.07, 6.45) is 0.387. The summed E-state index contributed by atoms with van der Waals surface area (Å²) >= 11 is 0. The summed E-state index contributed by atoms with van der Waals surface area (Å²) < 4.78 is 5.87. The summed E-state index contributed by atoms with van der Waals surface area (Å²) in [5.74, 6) is 0. The number of rotatable bonds is 8. The van der Waals surface area contributed by atoms with Crippen LogP contribution in [0, 0.1) is 0 Å². The van der Waals surface area contributed by atoms with Gasteiger partial charge in [0.25, 0.3) is 0 Å². The van der Waals surface area contributed by atoms with Crippen molar-refractivity contribution in [1.29, 1.82) is 0 Å². The second-order valence-electron chi connectivity index (χ2n) is 5.39. The fourth-order valence-electron chi connectivity index (χ4n) is 2.36. The Morgan fingerprint density at radius 2 is 2.17 bits per heavy atom. The molecule has 4 nitrogen and oxygen atoms in total. The van der Waals surface area contributed by atoms with Gasteiger partial charge in [-0.3, -0.25) is 9.80 Å². The van der Waals surface area contributed by atoms with Crippen LogP contribution in [0.4, 0.5) is 0 Å². The third kappa shape index (κ3) is 6.14. The lowest BCUT2D eigenvalue weighted by atomic mass is 10.2. The van der Waals surface area contributed by atoms with Crippen molar-refractivity contribution in [3.63, 3.8) is 0 Å². The molecule has 1 atom stereocenters. The van der Waals surface area contributed by atoms with Crippen LogP contribution in [0.1, 0.15) is 27.7 Å². The summed E-state index contributed by atoms with van der Waals surface area (Å²) in [5.41, 5.74) is 0. The summed E-state index contributed by atoms with van der Waals surface area (Å²) in [7, 11) is 0. The molecule has 1 unspecified atom stereocenters. The first-order valence-electron chi connectivity index (χ1n) is 7.45. The molecule has 1 rings (SSSR count). The van der Waals surface area contributed by atoms with E-state index >= 15 is 0 Å². The molecule has 0 aromatic heterocycles. The van der Waals surface area contributed by atoms with Gasteiger partial charge in [0.2, 0.25) is 0 Å². The number of likely N-dealkylation sites (N-methyl/N-ethyl adjacent to an activating group) is 2. The largest absolute Gasteiger partial charge is 0.374 e. The van der Waals surface area contributed by atoms with Crippen LogP contribution in [0.15, 0.2) is 0 Å². The Labute approximate surface area is 113 Å². The highest BCUT2D eigenvalue weighted by molar-refractivity contribution is 4.74. The normalized spacial score (nSPS) is 22.0. The Balaban J connectivity index is 2.24. The van der Waals surface area contributed by atoms with Gasteiger partial charge in [0.15, 0.2) is 0 Å². The monoisotopic (exact) mass is 257 g/mol. The fraction of sp³-hybridized carbons (Fsp3) is 1.00. The van der Waals surface area contributed by atoms with Crippen LogP contribution >= 0.6 is 0 Å². The smallest absolute Gasteiger partial charge is 0.0829 e. The molecule has 0 radical (unpaired) electrons. The van der Waals surface area contributed by atoms with E-state index in [0.29, 0.717) is 12.1 Å². The van der Waals surface area contributed by atoms with Gasteiger partial charge in [-0.25, -0.2) is 0 Å². The summed E-state index contributed by atoms with van der Waals surface area (Å²) in [5, 5.41) is 3.47. The molecule has 0 saturated carbocycles. The lowest BCUT2D eigenvalue weighted by Gasteiger charge is -2.35. The zero-order valence-electron chi connectivity index (χ0n) is 12.6. The first-order valence-corrected chi connectivity index (χ1v) is 7.45. The van der Waals surface area contributed by atoms with Gasteiger partial charge in [-0.2, -0.15) is 0 Å². The Kier molecular flexibility index (Phi) is 7.82. The molecule has 18 heavy (non-hydrogen) atoms. The van der Waals surface area contributed by atoms with E-state index in [9.17, 15) is 0 Å². The number of ether oxygens (including phenoxy) is 1. The Bertz CT molecular complexity index is 211. The van der Waals surface area contributed by atoms with E-state index in [2.05, 4.69) is 42.8 Å².